The second kappa shape index (κ2) is 10.2. The van der Waals surface area contributed by atoms with Crippen LogP contribution >= 0.6 is 0 Å². The molecule has 0 spiro atoms. The molecule has 0 unspecified atom stereocenters. The van der Waals surface area contributed by atoms with Gasteiger partial charge in [-0.25, -0.2) is 19.2 Å². The standard InChI is InChI=1S/C27H30FN5O4/c1-14(34)9-16-5-3-4-6-21(16)37-27(35)33-22-11-17-10-18(23(28)24(29)20(17)13-31-22)19-12-32-26-25(15(19)2)30-7-8-36-26/h10-13,16,21,30H,3-9,29H2,1-2H3,(H,31,33,35)/t16-,21+/m1/s1. The number of nitrogens with zero attached hydrogens (tertiary/aromatic N) is 2. The van der Waals surface area contributed by atoms with Crippen LogP contribution in [0.3, 0.4) is 0 Å². The van der Waals surface area contributed by atoms with Gasteiger partial charge >= 0.3 is 6.09 Å². The third kappa shape index (κ3) is 5.00. The summed E-state index contributed by atoms with van der Waals surface area (Å²) >= 11 is 0. The van der Waals surface area contributed by atoms with E-state index in [-0.39, 0.29) is 29.3 Å². The van der Waals surface area contributed by atoms with E-state index in [0.29, 0.717) is 47.4 Å². The molecule has 10 heteroatoms. The molecule has 1 fully saturated rings. The maximum Gasteiger partial charge on any atom is 0.413 e. The highest BCUT2D eigenvalue weighted by Gasteiger charge is 2.29. The maximum atomic E-state index is 15.4. The van der Waals surface area contributed by atoms with Gasteiger partial charge < -0.3 is 25.3 Å². The van der Waals surface area contributed by atoms with Crippen LogP contribution in [-0.2, 0) is 9.53 Å². The number of Topliss-reactive ketones (excluding diaryl/α,β-unsaturated/α-hetero) is 1. The number of nitrogen functional groups attached to an aromatic ring is 1. The SMILES string of the molecule is CC(=O)C[C@H]1CCCC[C@@H]1OC(=O)Nc1cc2cc(-c3cnc4c(c3C)NCCO4)c(F)c(N)c2cn1. The molecule has 2 aliphatic rings. The molecule has 1 aliphatic carbocycles. The van der Waals surface area contributed by atoms with Gasteiger partial charge in [0.1, 0.15) is 30.0 Å². The van der Waals surface area contributed by atoms with Gasteiger partial charge in [0.25, 0.3) is 0 Å². The van der Waals surface area contributed by atoms with Crippen molar-refractivity contribution < 1.29 is 23.5 Å². The smallest absolute Gasteiger partial charge is 0.413 e. The highest BCUT2D eigenvalue weighted by Crippen LogP contribution is 2.39. The van der Waals surface area contributed by atoms with E-state index in [1.54, 1.807) is 25.3 Å². The summed E-state index contributed by atoms with van der Waals surface area (Å²) < 4.78 is 26.6. The van der Waals surface area contributed by atoms with Crippen molar-refractivity contribution >= 4 is 39.8 Å². The molecule has 1 amide bonds. The largest absolute Gasteiger partial charge is 0.474 e. The number of anilines is 3. The Hall–Kier alpha value is -3.95. The molecule has 2 atom stereocenters. The van der Waals surface area contributed by atoms with Gasteiger partial charge in [-0.2, -0.15) is 0 Å². The van der Waals surface area contributed by atoms with E-state index >= 15 is 4.39 Å². The summed E-state index contributed by atoms with van der Waals surface area (Å²) in [5, 5.41) is 6.96. The Labute approximate surface area is 213 Å². The van der Waals surface area contributed by atoms with E-state index in [1.807, 2.05) is 6.92 Å². The number of ether oxygens (including phenoxy) is 2. The minimum absolute atomic E-state index is 0.0280. The number of benzene rings is 1. The van der Waals surface area contributed by atoms with E-state index in [4.69, 9.17) is 15.2 Å². The lowest BCUT2D eigenvalue weighted by atomic mass is 9.83. The van der Waals surface area contributed by atoms with Gasteiger partial charge in [-0.3, -0.25) is 5.32 Å². The number of nitrogens with one attached hydrogen (secondary N) is 2. The average Bonchev–Trinajstić information content (AvgIpc) is 2.87. The first-order chi connectivity index (χ1) is 17.8. The Morgan fingerprint density at radius 1 is 1.22 bits per heavy atom. The number of hydrogen-bond acceptors (Lipinski definition) is 8. The Balaban J connectivity index is 1.41. The number of pyridine rings is 2. The number of carbonyl (C=O) groups excluding carboxylic acids is 2. The van der Waals surface area contributed by atoms with Crippen molar-refractivity contribution in [3.63, 3.8) is 0 Å². The Morgan fingerprint density at radius 3 is 2.84 bits per heavy atom. The van der Waals surface area contributed by atoms with Gasteiger partial charge in [0, 0.05) is 47.8 Å². The van der Waals surface area contributed by atoms with Gasteiger partial charge in [-0.1, -0.05) is 6.42 Å². The normalized spacial score (nSPS) is 18.9. The molecule has 3 heterocycles. The summed E-state index contributed by atoms with van der Waals surface area (Å²) in [6.07, 6.45) is 6.01. The fourth-order valence-corrected chi connectivity index (χ4v) is 5.26. The van der Waals surface area contributed by atoms with Crippen LogP contribution in [0.4, 0.5) is 26.4 Å². The first-order valence-corrected chi connectivity index (χ1v) is 12.5. The summed E-state index contributed by atoms with van der Waals surface area (Å²) in [5.74, 6) is 0.290. The number of nitrogens with two attached hydrogens (primary N) is 1. The van der Waals surface area contributed by atoms with E-state index in [0.717, 1.165) is 36.9 Å². The Morgan fingerprint density at radius 2 is 2.03 bits per heavy atom. The van der Waals surface area contributed by atoms with Crippen molar-refractivity contribution in [2.45, 2.75) is 52.1 Å². The molecule has 0 bridgehead atoms. The molecule has 37 heavy (non-hydrogen) atoms. The lowest BCUT2D eigenvalue weighted by Gasteiger charge is -2.30. The van der Waals surface area contributed by atoms with E-state index in [1.165, 1.54) is 6.20 Å². The topological polar surface area (TPSA) is 128 Å². The van der Waals surface area contributed by atoms with E-state index < -0.39 is 11.9 Å². The summed E-state index contributed by atoms with van der Waals surface area (Å²) in [6.45, 7) is 4.57. The molecule has 4 N–H and O–H groups in total. The summed E-state index contributed by atoms with van der Waals surface area (Å²) in [4.78, 5) is 32.9. The van der Waals surface area contributed by atoms with Crippen molar-refractivity contribution in [1.82, 2.24) is 9.97 Å². The first kappa shape index (κ1) is 24.7. The highest BCUT2D eigenvalue weighted by atomic mass is 19.1. The van der Waals surface area contributed by atoms with Crippen molar-refractivity contribution in [2.75, 3.05) is 29.5 Å². The number of fused-ring (bicyclic) bond motifs is 2. The minimum Gasteiger partial charge on any atom is -0.474 e. The van der Waals surface area contributed by atoms with Crippen LogP contribution in [0.2, 0.25) is 0 Å². The van der Waals surface area contributed by atoms with Gasteiger partial charge in [-0.05, 0) is 56.2 Å². The number of aromatic nitrogens is 2. The van der Waals surface area contributed by atoms with Crippen LogP contribution in [0.5, 0.6) is 5.88 Å². The van der Waals surface area contributed by atoms with Crippen molar-refractivity contribution in [2.24, 2.45) is 5.92 Å². The monoisotopic (exact) mass is 507 g/mol. The lowest BCUT2D eigenvalue weighted by molar-refractivity contribution is -0.119. The fourth-order valence-electron chi connectivity index (χ4n) is 5.26. The maximum absolute atomic E-state index is 15.4. The zero-order valence-corrected chi connectivity index (χ0v) is 20.9. The molecule has 9 nitrogen and oxygen atoms in total. The molecule has 194 valence electrons. The molecule has 2 aromatic heterocycles. The molecule has 1 aliphatic heterocycles. The zero-order valence-electron chi connectivity index (χ0n) is 20.9. The first-order valence-electron chi connectivity index (χ1n) is 12.5. The summed E-state index contributed by atoms with van der Waals surface area (Å²) in [5.41, 5.74) is 8.52. The summed E-state index contributed by atoms with van der Waals surface area (Å²) in [7, 11) is 0. The molecule has 5 rings (SSSR count). The van der Waals surface area contributed by atoms with Crippen LogP contribution in [0, 0.1) is 18.7 Å². The van der Waals surface area contributed by atoms with E-state index in [9.17, 15) is 9.59 Å². The van der Waals surface area contributed by atoms with Crippen LogP contribution in [-0.4, -0.2) is 41.1 Å². The van der Waals surface area contributed by atoms with Crippen molar-refractivity contribution in [3.05, 3.63) is 35.9 Å². The van der Waals surface area contributed by atoms with Gasteiger partial charge in [-0.15, -0.1) is 0 Å². The molecule has 0 radical (unpaired) electrons. The number of halogens is 1. The van der Waals surface area contributed by atoms with Crippen molar-refractivity contribution in [1.29, 1.82) is 0 Å². The highest BCUT2D eigenvalue weighted by molar-refractivity contribution is 5.99. The second-order valence-corrected chi connectivity index (χ2v) is 9.71. The average molecular weight is 508 g/mol. The number of ketones is 1. The molecule has 0 saturated heterocycles. The molecule has 3 aromatic rings. The third-order valence-corrected chi connectivity index (χ3v) is 7.11. The number of carbonyl (C=O) groups is 2. The molecule has 1 aromatic carbocycles. The van der Waals surface area contributed by atoms with Crippen molar-refractivity contribution in [3.8, 4) is 17.0 Å². The van der Waals surface area contributed by atoms with Gasteiger partial charge in [0.2, 0.25) is 5.88 Å². The Kier molecular flexibility index (Phi) is 6.82. The molecular weight excluding hydrogens is 477 g/mol. The predicted molar refractivity (Wildman–Crippen MR) is 139 cm³/mol. The number of rotatable bonds is 5. The van der Waals surface area contributed by atoms with Crippen LogP contribution in [0.15, 0.2) is 24.5 Å². The predicted octanol–water partition coefficient (Wildman–Crippen LogP) is 5.22. The van der Waals surface area contributed by atoms with Gasteiger partial charge in [0.05, 0.1) is 5.69 Å². The zero-order chi connectivity index (χ0) is 26.1. The lowest BCUT2D eigenvalue weighted by Crippen LogP contribution is -2.33. The fraction of sp³-hybridized carbons (Fsp3) is 0.407. The van der Waals surface area contributed by atoms with Crippen LogP contribution in [0.25, 0.3) is 21.9 Å². The minimum atomic E-state index is -0.636. The second-order valence-electron chi connectivity index (χ2n) is 9.71. The molecular formula is C27H30FN5O4. The summed E-state index contributed by atoms with van der Waals surface area (Å²) in [6, 6.07) is 3.30. The molecule has 1 saturated carbocycles. The third-order valence-electron chi connectivity index (χ3n) is 7.11. The van der Waals surface area contributed by atoms with E-state index in [2.05, 4.69) is 20.6 Å². The Bertz CT molecular complexity index is 1380. The number of hydrogen-bond donors (Lipinski definition) is 3. The van der Waals surface area contributed by atoms with Gasteiger partial charge in [0.15, 0.2) is 5.82 Å². The van der Waals surface area contributed by atoms with Crippen LogP contribution < -0.4 is 21.1 Å². The van der Waals surface area contributed by atoms with Crippen LogP contribution in [0.1, 0.15) is 44.6 Å². The number of amides is 1. The quantitative estimate of drug-likeness (QED) is 0.401.